The maximum Gasteiger partial charge on any atom is 0.414 e. The van der Waals surface area contributed by atoms with Crippen LogP contribution in [0.4, 0.5) is 0 Å². The van der Waals surface area contributed by atoms with E-state index in [-0.39, 0.29) is 0 Å². The van der Waals surface area contributed by atoms with Crippen molar-refractivity contribution < 1.29 is 29.3 Å². The summed E-state index contributed by atoms with van der Waals surface area (Å²) in [5.41, 5.74) is 2.60. The summed E-state index contributed by atoms with van der Waals surface area (Å²) in [7, 11) is 3.44. The first kappa shape index (κ1) is 25.0. The largest absolute Gasteiger partial charge is 0.497 e. The fourth-order valence-electron chi connectivity index (χ4n) is 4.02. The molecule has 0 amide bonds. The average Bonchev–Trinajstić information content (AvgIpc) is 2.85. The summed E-state index contributed by atoms with van der Waals surface area (Å²) in [6.45, 7) is 6.18. The molecule has 0 saturated carbocycles. The molecule has 8 heteroatoms. The predicted molar refractivity (Wildman–Crippen MR) is 129 cm³/mol. The average molecular weight is 467 g/mol. The van der Waals surface area contributed by atoms with Gasteiger partial charge in [-0.1, -0.05) is 42.5 Å². The molecule has 1 aliphatic rings. The summed E-state index contributed by atoms with van der Waals surface area (Å²) >= 11 is 0. The maximum atomic E-state index is 9.10. The van der Waals surface area contributed by atoms with Gasteiger partial charge in [0.1, 0.15) is 11.5 Å². The smallest absolute Gasteiger partial charge is 0.414 e. The summed E-state index contributed by atoms with van der Waals surface area (Å²) in [6, 6.07) is 21.3. The number of nitrogens with zero attached hydrogens (tertiary/aromatic N) is 2. The molecule has 1 heterocycles. The molecule has 0 aliphatic carbocycles. The third-order valence-electron chi connectivity index (χ3n) is 5.80. The summed E-state index contributed by atoms with van der Waals surface area (Å²) in [5.74, 6) is -1.84. The highest BCUT2D eigenvalue weighted by Gasteiger charge is 2.19. The molecule has 1 aliphatic heterocycles. The number of carbonyl (C=O) groups is 2. The maximum absolute atomic E-state index is 9.10. The van der Waals surface area contributed by atoms with Crippen LogP contribution in [0.25, 0.3) is 10.8 Å². The Balaban J connectivity index is 0.000000481. The highest BCUT2D eigenvalue weighted by Crippen LogP contribution is 2.26. The lowest BCUT2D eigenvalue weighted by Gasteiger charge is -2.35. The second-order valence-electron chi connectivity index (χ2n) is 7.98. The molecule has 0 unspecified atom stereocenters. The second kappa shape index (κ2) is 12.0. The zero-order valence-electron chi connectivity index (χ0n) is 19.4. The first-order valence-corrected chi connectivity index (χ1v) is 11.0. The minimum atomic E-state index is -1.82. The van der Waals surface area contributed by atoms with Gasteiger partial charge in [0.2, 0.25) is 0 Å². The third kappa shape index (κ3) is 6.69. The summed E-state index contributed by atoms with van der Waals surface area (Å²) in [4.78, 5) is 23.3. The van der Waals surface area contributed by atoms with Crippen LogP contribution in [0, 0.1) is 0 Å². The molecule has 34 heavy (non-hydrogen) atoms. The van der Waals surface area contributed by atoms with Crippen molar-refractivity contribution in [3.8, 4) is 11.5 Å². The molecule has 3 aromatic carbocycles. The van der Waals surface area contributed by atoms with Crippen molar-refractivity contribution in [2.45, 2.75) is 13.1 Å². The first-order valence-electron chi connectivity index (χ1n) is 11.0. The first-order chi connectivity index (χ1) is 16.4. The van der Waals surface area contributed by atoms with Gasteiger partial charge in [-0.05, 0) is 34.5 Å². The molecule has 180 valence electrons. The van der Waals surface area contributed by atoms with Crippen LogP contribution in [0.15, 0.2) is 60.7 Å². The Morgan fingerprint density at radius 2 is 1.35 bits per heavy atom. The summed E-state index contributed by atoms with van der Waals surface area (Å²) < 4.78 is 10.9. The van der Waals surface area contributed by atoms with Gasteiger partial charge in [-0.3, -0.25) is 9.80 Å². The van der Waals surface area contributed by atoms with E-state index in [1.165, 1.54) is 21.9 Å². The van der Waals surface area contributed by atoms with Crippen LogP contribution in [0.1, 0.15) is 11.1 Å². The lowest BCUT2D eigenvalue weighted by molar-refractivity contribution is -0.159. The van der Waals surface area contributed by atoms with Gasteiger partial charge in [0.25, 0.3) is 0 Å². The molecule has 8 nitrogen and oxygen atoms in total. The molecule has 0 bridgehead atoms. The number of rotatable bonds is 6. The number of piperazine rings is 1. The van der Waals surface area contributed by atoms with Gasteiger partial charge in [0, 0.05) is 44.8 Å². The van der Waals surface area contributed by atoms with Crippen molar-refractivity contribution in [2.75, 3.05) is 40.4 Å². The molecule has 4 rings (SSSR count). The van der Waals surface area contributed by atoms with Crippen LogP contribution in [0.3, 0.4) is 0 Å². The Bertz CT molecular complexity index is 1110. The van der Waals surface area contributed by atoms with Gasteiger partial charge < -0.3 is 19.7 Å². The molecule has 0 aromatic heterocycles. The van der Waals surface area contributed by atoms with Crippen molar-refractivity contribution in [2.24, 2.45) is 0 Å². The Kier molecular flexibility index (Phi) is 8.84. The standard InChI is InChI=1S/C24H28N2O2.C2H2O4/c1-27-22-10-11-24(28-2)21(16-22)18-26-14-12-25(13-15-26)17-20-8-5-7-19-6-3-4-9-23(19)20;3-1(4)2(5)6/h3-11,16H,12-15,17-18H2,1-2H3;(H,3,4)(H,5,6). The number of carboxylic acids is 2. The molecule has 0 atom stereocenters. The summed E-state index contributed by atoms with van der Waals surface area (Å²) in [5, 5.41) is 17.5. The molecule has 3 aromatic rings. The minimum absolute atomic E-state index is 0.880. The van der Waals surface area contributed by atoms with Crippen LogP contribution in [0.2, 0.25) is 0 Å². The van der Waals surface area contributed by atoms with E-state index in [2.05, 4.69) is 58.3 Å². The van der Waals surface area contributed by atoms with Crippen LogP contribution in [-0.4, -0.2) is 72.4 Å². The third-order valence-corrected chi connectivity index (χ3v) is 5.80. The molecule has 0 spiro atoms. The number of methoxy groups -OCH3 is 2. The van der Waals surface area contributed by atoms with Crippen LogP contribution < -0.4 is 9.47 Å². The van der Waals surface area contributed by atoms with Gasteiger partial charge in [0.05, 0.1) is 14.2 Å². The summed E-state index contributed by atoms with van der Waals surface area (Å²) in [6.07, 6.45) is 0. The van der Waals surface area contributed by atoms with Gasteiger partial charge >= 0.3 is 11.9 Å². The lowest BCUT2D eigenvalue weighted by Crippen LogP contribution is -2.45. The van der Waals surface area contributed by atoms with Crippen molar-refractivity contribution in [1.29, 1.82) is 0 Å². The van der Waals surface area contributed by atoms with Gasteiger partial charge in [-0.2, -0.15) is 0 Å². The number of fused-ring (bicyclic) bond motifs is 1. The zero-order valence-corrected chi connectivity index (χ0v) is 19.4. The zero-order chi connectivity index (χ0) is 24.5. The number of aliphatic carboxylic acids is 2. The van der Waals surface area contributed by atoms with E-state index < -0.39 is 11.9 Å². The van der Waals surface area contributed by atoms with Gasteiger partial charge in [-0.15, -0.1) is 0 Å². The van der Waals surface area contributed by atoms with Crippen molar-refractivity contribution in [3.05, 3.63) is 71.8 Å². The van der Waals surface area contributed by atoms with Crippen LogP contribution >= 0.6 is 0 Å². The Morgan fingerprint density at radius 1 is 0.765 bits per heavy atom. The van der Waals surface area contributed by atoms with Gasteiger partial charge in [0.15, 0.2) is 0 Å². The fraction of sp³-hybridized carbons (Fsp3) is 0.308. The minimum Gasteiger partial charge on any atom is -0.497 e. The molecule has 0 radical (unpaired) electrons. The van der Waals surface area contributed by atoms with Gasteiger partial charge in [-0.25, -0.2) is 9.59 Å². The lowest BCUT2D eigenvalue weighted by atomic mass is 10.0. The number of hydrogen-bond acceptors (Lipinski definition) is 6. The normalized spacial score (nSPS) is 14.2. The Hall–Kier alpha value is -3.62. The van der Waals surface area contributed by atoms with Crippen molar-refractivity contribution >= 4 is 22.7 Å². The molecular weight excluding hydrogens is 436 g/mol. The highest BCUT2D eigenvalue weighted by atomic mass is 16.5. The quantitative estimate of drug-likeness (QED) is 0.534. The van der Waals surface area contributed by atoms with Crippen molar-refractivity contribution in [3.63, 3.8) is 0 Å². The predicted octanol–water partition coefficient (Wildman–Crippen LogP) is 3.33. The highest BCUT2D eigenvalue weighted by molar-refractivity contribution is 6.27. The molecular formula is C26H30N2O6. The number of benzene rings is 3. The SMILES string of the molecule is COc1ccc(OC)c(CN2CCN(Cc3cccc4ccccc34)CC2)c1.O=C(O)C(=O)O. The second-order valence-corrected chi connectivity index (χ2v) is 7.98. The van der Waals surface area contributed by atoms with E-state index in [1.807, 2.05) is 12.1 Å². The topological polar surface area (TPSA) is 99.5 Å². The van der Waals surface area contributed by atoms with E-state index in [9.17, 15) is 0 Å². The molecule has 1 fully saturated rings. The molecule has 2 N–H and O–H groups in total. The van der Waals surface area contributed by atoms with E-state index in [1.54, 1.807) is 14.2 Å². The number of ether oxygens (including phenoxy) is 2. The van der Waals surface area contributed by atoms with Crippen LogP contribution in [0.5, 0.6) is 11.5 Å². The monoisotopic (exact) mass is 466 g/mol. The van der Waals surface area contributed by atoms with E-state index >= 15 is 0 Å². The molecule has 1 saturated heterocycles. The van der Waals surface area contributed by atoms with E-state index in [0.717, 1.165) is 50.8 Å². The van der Waals surface area contributed by atoms with E-state index in [0.29, 0.717) is 0 Å². The van der Waals surface area contributed by atoms with Crippen molar-refractivity contribution in [1.82, 2.24) is 9.80 Å². The number of hydrogen-bond donors (Lipinski definition) is 2. The van der Waals surface area contributed by atoms with E-state index in [4.69, 9.17) is 29.3 Å². The number of carboxylic acid groups (broad SMARTS) is 2. The Morgan fingerprint density at radius 3 is 1.94 bits per heavy atom. The Labute approximate surface area is 198 Å². The fourth-order valence-corrected chi connectivity index (χ4v) is 4.02. The van der Waals surface area contributed by atoms with Crippen LogP contribution in [-0.2, 0) is 22.7 Å².